The first-order valence-corrected chi connectivity index (χ1v) is 6.27. The second-order valence-electron chi connectivity index (χ2n) is 4.03. The lowest BCUT2D eigenvalue weighted by Crippen LogP contribution is -2.19. The predicted molar refractivity (Wildman–Crippen MR) is 74.2 cm³/mol. The highest BCUT2D eigenvalue weighted by Gasteiger charge is 2.23. The molecule has 0 spiro atoms. The van der Waals surface area contributed by atoms with Crippen LogP contribution in [0.5, 0.6) is 0 Å². The van der Waals surface area contributed by atoms with Crippen LogP contribution in [-0.4, -0.2) is 30.7 Å². The predicted octanol–water partition coefficient (Wildman–Crippen LogP) is 2.18. The van der Waals surface area contributed by atoms with E-state index < -0.39 is 24.1 Å². The minimum absolute atomic E-state index is 0.0305. The van der Waals surface area contributed by atoms with Gasteiger partial charge in [0.1, 0.15) is 0 Å². The highest BCUT2D eigenvalue weighted by atomic mass is 16.7. The summed E-state index contributed by atoms with van der Waals surface area (Å²) in [5, 5.41) is 0. The number of ether oxygens (including phenoxy) is 3. The summed E-state index contributed by atoms with van der Waals surface area (Å²) in [6, 6.07) is 4.15. The Morgan fingerprint density at radius 1 is 1.09 bits per heavy atom. The Morgan fingerprint density at radius 2 is 1.73 bits per heavy atom. The van der Waals surface area contributed by atoms with Gasteiger partial charge < -0.3 is 14.2 Å². The first kappa shape index (κ1) is 17.1. The van der Waals surface area contributed by atoms with Gasteiger partial charge in [-0.15, -0.1) is 0 Å². The summed E-state index contributed by atoms with van der Waals surface area (Å²) in [5.41, 5.74) is 0.218. The van der Waals surface area contributed by atoms with E-state index in [-0.39, 0.29) is 17.7 Å². The van der Waals surface area contributed by atoms with Crippen molar-refractivity contribution in [2.45, 2.75) is 13.8 Å². The second kappa shape index (κ2) is 7.72. The zero-order valence-electron chi connectivity index (χ0n) is 12.1. The van der Waals surface area contributed by atoms with Crippen LogP contribution in [0.15, 0.2) is 30.9 Å². The van der Waals surface area contributed by atoms with Gasteiger partial charge in [-0.3, -0.25) is 0 Å². The van der Waals surface area contributed by atoms with E-state index in [9.17, 15) is 19.2 Å². The topological polar surface area (TPSA) is 96.0 Å². The van der Waals surface area contributed by atoms with Crippen molar-refractivity contribution in [3.8, 4) is 0 Å². The molecular formula is C15H14O7. The van der Waals surface area contributed by atoms with Gasteiger partial charge in [-0.25, -0.2) is 19.2 Å². The molecule has 0 aromatic heterocycles. The molecule has 0 fully saturated rings. The Hall–Kier alpha value is -2.96. The summed E-state index contributed by atoms with van der Waals surface area (Å²) in [4.78, 5) is 46.0. The third kappa shape index (κ3) is 4.55. The number of rotatable bonds is 4. The maximum atomic E-state index is 11.9. The molecule has 22 heavy (non-hydrogen) atoms. The number of hydrogen-bond donors (Lipinski definition) is 0. The van der Waals surface area contributed by atoms with Crippen LogP contribution in [0, 0.1) is 6.92 Å². The van der Waals surface area contributed by atoms with Crippen LogP contribution in [0.25, 0.3) is 0 Å². The molecule has 0 aliphatic heterocycles. The fourth-order valence-electron chi connectivity index (χ4n) is 1.47. The smallest absolute Gasteiger partial charge is 0.434 e. The fraction of sp³-hybridized carbons (Fsp3) is 0.200. The summed E-state index contributed by atoms with van der Waals surface area (Å²) in [7, 11) is 0. The van der Waals surface area contributed by atoms with Gasteiger partial charge in [0, 0.05) is 6.08 Å². The summed E-state index contributed by atoms with van der Waals surface area (Å²) in [6.45, 7) is 6.41. The molecule has 1 aromatic rings. The van der Waals surface area contributed by atoms with Gasteiger partial charge in [-0.05, 0) is 26.0 Å². The van der Waals surface area contributed by atoms with Crippen molar-refractivity contribution in [3.63, 3.8) is 0 Å². The minimum Gasteiger partial charge on any atom is -0.434 e. The molecule has 0 amide bonds. The third-order valence-electron chi connectivity index (χ3n) is 2.41. The maximum absolute atomic E-state index is 11.9. The molecule has 0 radical (unpaired) electrons. The average molecular weight is 306 g/mol. The molecule has 0 aliphatic carbocycles. The van der Waals surface area contributed by atoms with Crippen LogP contribution in [0.4, 0.5) is 4.79 Å². The standard InChI is InChI=1S/C15H14O7/c1-4-12(16)21-14(18)11-8-9(3)6-7-10(11)13(17)22-15(19)20-5-2/h4,6-8H,1,5H2,2-3H3. The van der Waals surface area contributed by atoms with Gasteiger partial charge in [0.2, 0.25) is 0 Å². The van der Waals surface area contributed by atoms with Crippen LogP contribution in [0.3, 0.4) is 0 Å². The van der Waals surface area contributed by atoms with Crippen LogP contribution < -0.4 is 0 Å². The molecule has 0 aliphatic rings. The van der Waals surface area contributed by atoms with E-state index in [1.54, 1.807) is 13.8 Å². The summed E-state index contributed by atoms with van der Waals surface area (Å²) >= 11 is 0. The van der Waals surface area contributed by atoms with Gasteiger partial charge in [-0.1, -0.05) is 18.2 Å². The van der Waals surface area contributed by atoms with E-state index in [1.165, 1.54) is 18.2 Å². The lowest BCUT2D eigenvalue weighted by molar-refractivity contribution is -0.132. The van der Waals surface area contributed by atoms with Crippen LogP contribution in [0.1, 0.15) is 33.2 Å². The highest BCUT2D eigenvalue weighted by molar-refractivity contribution is 6.08. The molecule has 0 saturated carbocycles. The molecule has 0 heterocycles. The van der Waals surface area contributed by atoms with Crippen molar-refractivity contribution in [2.24, 2.45) is 0 Å². The average Bonchev–Trinajstić information content (AvgIpc) is 2.46. The summed E-state index contributed by atoms with van der Waals surface area (Å²) in [6.07, 6.45) is -0.376. The number of carbonyl (C=O) groups excluding carboxylic acids is 4. The molecule has 0 atom stereocenters. The highest BCUT2D eigenvalue weighted by Crippen LogP contribution is 2.15. The Labute approximate surface area is 126 Å². The maximum Gasteiger partial charge on any atom is 0.516 e. The number of benzene rings is 1. The Balaban J connectivity index is 3.07. The first-order valence-electron chi connectivity index (χ1n) is 6.27. The Kier molecular flexibility index (Phi) is 6.00. The van der Waals surface area contributed by atoms with E-state index in [0.717, 1.165) is 6.08 Å². The van der Waals surface area contributed by atoms with E-state index in [4.69, 9.17) is 0 Å². The molecule has 0 saturated heterocycles. The molecular weight excluding hydrogens is 292 g/mol. The molecule has 7 nitrogen and oxygen atoms in total. The normalized spacial score (nSPS) is 9.55. The molecule has 0 N–H and O–H groups in total. The summed E-state index contributed by atoms with van der Waals surface area (Å²) in [5.74, 6) is -3.10. The summed E-state index contributed by atoms with van der Waals surface area (Å²) < 4.78 is 13.4. The molecule has 116 valence electrons. The minimum atomic E-state index is -1.19. The van der Waals surface area contributed by atoms with Crippen LogP contribution >= 0.6 is 0 Å². The third-order valence-corrected chi connectivity index (χ3v) is 2.41. The van der Waals surface area contributed by atoms with Gasteiger partial charge in [-0.2, -0.15) is 0 Å². The lowest BCUT2D eigenvalue weighted by Gasteiger charge is -2.08. The molecule has 7 heteroatoms. The fourth-order valence-corrected chi connectivity index (χ4v) is 1.47. The number of aryl methyl sites for hydroxylation is 1. The monoisotopic (exact) mass is 306 g/mol. The zero-order chi connectivity index (χ0) is 16.7. The molecule has 0 bridgehead atoms. The van der Waals surface area contributed by atoms with Crippen molar-refractivity contribution < 1.29 is 33.4 Å². The first-order chi connectivity index (χ1) is 10.4. The van der Waals surface area contributed by atoms with Gasteiger partial charge >= 0.3 is 24.1 Å². The van der Waals surface area contributed by atoms with Crippen molar-refractivity contribution in [1.29, 1.82) is 0 Å². The molecule has 1 rings (SSSR count). The second-order valence-corrected chi connectivity index (χ2v) is 4.03. The SMILES string of the molecule is C=CC(=O)OC(=O)c1cc(C)ccc1C(=O)OC(=O)OCC. The van der Waals surface area contributed by atoms with E-state index in [2.05, 4.69) is 20.8 Å². The number of hydrogen-bond acceptors (Lipinski definition) is 7. The Morgan fingerprint density at radius 3 is 2.32 bits per heavy atom. The van der Waals surface area contributed by atoms with E-state index in [1.807, 2.05) is 0 Å². The van der Waals surface area contributed by atoms with Crippen molar-refractivity contribution in [1.82, 2.24) is 0 Å². The van der Waals surface area contributed by atoms with Gasteiger partial charge in [0.15, 0.2) is 0 Å². The van der Waals surface area contributed by atoms with E-state index in [0.29, 0.717) is 5.56 Å². The lowest BCUT2D eigenvalue weighted by atomic mass is 10.0. The van der Waals surface area contributed by atoms with E-state index >= 15 is 0 Å². The number of esters is 3. The zero-order valence-corrected chi connectivity index (χ0v) is 12.1. The molecule has 0 unspecified atom stereocenters. The van der Waals surface area contributed by atoms with Crippen LogP contribution in [0.2, 0.25) is 0 Å². The van der Waals surface area contributed by atoms with Crippen molar-refractivity contribution in [3.05, 3.63) is 47.5 Å². The largest absolute Gasteiger partial charge is 0.516 e. The van der Waals surface area contributed by atoms with Crippen molar-refractivity contribution in [2.75, 3.05) is 6.61 Å². The van der Waals surface area contributed by atoms with Gasteiger partial charge in [0.05, 0.1) is 17.7 Å². The molecule has 1 aromatic carbocycles. The van der Waals surface area contributed by atoms with Gasteiger partial charge in [0.25, 0.3) is 0 Å². The van der Waals surface area contributed by atoms with Crippen LogP contribution in [-0.2, 0) is 19.0 Å². The Bertz CT molecular complexity index is 631. The van der Waals surface area contributed by atoms with Crippen molar-refractivity contribution >= 4 is 24.1 Å². The number of carbonyl (C=O) groups is 4. The quantitative estimate of drug-likeness (QED) is 0.478.